The predicted octanol–water partition coefficient (Wildman–Crippen LogP) is 3.08. The highest BCUT2D eigenvalue weighted by Crippen LogP contribution is 2.67. The van der Waals surface area contributed by atoms with Gasteiger partial charge in [0.1, 0.15) is 6.61 Å². The molecule has 0 aliphatic heterocycles. The molecule has 1 aromatic heterocycles. The molecule has 6 rings (SSSR count). The third kappa shape index (κ3) is 4.83. The van der Waals surface area contributed by atoms with Crippen molar-refractivity contribution in [3.8, 4) is 0 Å². The van der Waals surface area contributed by atoms with E-state index in [2.05, 4.69) is 25.0 Å². The second-order valence-corrected chi connectivity index (χ2v) is 9.53. The lowest BCUT2D eigenvalue weighted by atomic mass is 9.39. The summed E-state index contributed by atoms with van der Waals surface area (Å²) < 4.78 is 91.5. The van der Waals surface area contributed by atoms with Gasteiger partial charge in [0.15, 0.2) is 0 Å². The van der Waals surface area contributed by atoms with Gasteiger partial charge in [-0.3, -0.25) is 14.3 Å². The van der Waals surface area contributed by atoms with Crippen LogP contribution >= 0.6 is 0 Å². The first-order valence-electron chi connectivity index (χ1n) is 10.6. The topological polar surface area (TPSA) is 95.7 Å². The van der Waals surface area contributed by atoms with Gasteiger partial charge in [-0.25, -0.2) is 0 Å². The number of ether oxygens (including phenoxy) is 3. The van der Waals surface area contributed by atoms with Gasteiger partial charge in [-0.1, -0.05) is 0 Å². The number of alkyl halides is 6. The molecule has 5 saturated carbocycles. The number of carbonyl (C=O) groups is 1. The van der Waals surface area contributed by atoms with Crippen molar-refractivity contribution in [3.05, 3.63) is 11.8 Å². The van der Waals surface area contributed by atoms with Gasteiger partial charge in [-0.15, -0.1) is 36.5 Å². The van der Waals surface area contributed by atoms with Crippen LogP contribution in [0.4, 0.5) is 26.3 Å². The summed E-state index contributed by atoms with van der Waals surface area (Å²) in [5, 5.41) is 10.9. The number of nitrogens with one attached hydrogen (secondary N) is 1. The largest absolute Gasteiger partial charge is 0.522 e. The summed E-state index contributed by atoms with van der Waals surface area (Å²) in [6.45, 7) is -0.684. The number of aromatic nitrogens is 2. The van der Waals surface area contributed by atoms with E-state index in [1.165, 1.54) is 0 Å². The summed E-state index contributed by atoms with van der Waals surface area (Å²) in [5.41, 5.74) is -0.721. The summed E-state index contributed by atoms with van der Waals surface area (Å²) >= 11 is 0. The van der Waals surface area contributed by atoms with Crippen LogP contribution in [-0.4, -0.2) is 59.8 Å². The van der Waals surface area contributed by atoms with Crippen LogP contribution in [0, 0.1) is 5.92 Å². The molecule has 5 aliphatic rings. The van der Waals surface area contributed by atoms with Crippen molar-refractivity contribution in [3.63, 3.8) is 0 Å². The van der Waals surface area contributed by atoms with Gasteiger partial charge in [-0.05, 0) is 31.6 Å². The second-order valence-electron chi connectivity index (χ2n) is 9.53. The molecule has 2 bridgehead atoms. The highest BCUT2D eigenvalue weighted by atomic mass is 19.4. The Hall–Kier alpha value is -1.93. The molecular formula is C19H21F6N3O5. The standard InChI is InChI=1S/C19H21F6N3O5/c20-18(21,22)31-4-9-1-12(9)14-27-28-15(32-14)16-6-17(7-16,8-16)26-13(29)5-30-10-2-11(3-10)33-19(23,24)25/h9-12H,1-8H2,(H,26,29)/t9?,10-,11+,12?,16?,17?. The summed E-state index contributed by atoms with van der Waals surface area (Å²) in [6.07, 6.45) is -8.23. The maximum atomic E-state index is 12.2. The average Bonchev–Trinajstić information content (AvgIpc) is 3.22. The molecule has 1 amide bonds. The molecule has 1 aromatic rings. The number of halogens is 6. The van der Waals surface area contributed by atoms with Crippen molar-refractivity contribution in [2.75, 3.05) is 13.2 Å². The highest BCUT2D eigenvalue weighted by Gasteiger charge is 2.72. The Morgan fingerprint density at radius 2 is 1.73 bits per heavy atom. The zero-order chi connectivity index (χ0) is 23.6. The van der Waals surface area contributed by atoms with Crippen molar-refractivity contribution in [1.82, 2.24) is 15.5 Å². The van der Waals surface area contributed by atoms with E-state index in [-0.39, 0.29) is 48.1 Å². The summed E-state index contributed by atoms with van der Waals surface area (Å²) in [4.78, 5) is 12.2. The number of amides is 1. The van der Waals surface area contributed by atoms with Gasteiger partial charge in [0, 0.05) is 24.3 Å². The number of rotatable bonds is 9. The van der Waals surface area contributed by atoms with Crippen LogP contribution in [0.1, 0.15) is 56.2 Å². The van der Waals surface area contributed by atoms with Crippen LogP contribution in [0.5, 0.6) is 0 Å². The number of hydrogen-bond acceptors (Lipinski definition) is 7. The molecule has 0 aromatic carbocycles. The van der Waals surface area contributed by atoms with Gasteiger partial charge in [0.05, 0.1) is 24.2 Å². The van der Waals surface area contributed by atoms with Crippen LogP contribution in [0.25, 0.3) is 0 Å². The van der Waals surface area contributed by atoms with Gasteiger partial charge < -0.3 is 14.5 Å². The molecule has 14 heteroatoms. The highest BCUT2D eigenvalue weighted by molar-refractivity contribution is 5.79. The van der Waals surface area contributed by atoms with E-state index < -0.39 is 31.5 Å². The van der Waals surface area contributed by atoms with E-state index in [1.807, 2.05) is 0 Å². The predicted molar refractivity (Wildman–Crippen MR) is 93.5 cm³/mol. The van der Waals surface area contributed by atoms with E-state index in [0.717, 1.165) is 0 Å². The Bertz CT molecular complexity index is 893. The van der Waals surface area contributed by atoms with Crippen molar-refractivity contribution >= 4 is 5.91 Å². The lowest BCUT2D eigenvalue weighted by molar-refractivity contribution is -0.357. The van der Waals surface area contributed by atoms with Crippen molar-refractivity contribution in [2.45, 2.75) is 80.3 Å². The molecule has 33 heavy (non-hydrogen) atoms. The average molecular weight is 485 g/mol. The molecule has 0 saturated heterocycles. The molecule has 5 aliphatic carbocycles. The van der Waals surface area contributed by atoms with Crippen LogP contribution in [-0.2, 0) is 24.4 Å². The van der Waals surface area contributed by atoms with E-state index in [0.29, 0.717) is 37.5 Å². The van der Waals surface area contributed by atoms with E-state index in [9.17, 15) is 31.1 Å². The molecule has 5 fully saturated rings. The van der Waals surface area contributed by atoms with Gasteiger partial charge in [0.25, 0.3) is 0 Å². The van der Waals surface area contributed by atoms with Crippen molar-refractivity contribution in [2.24, 2.45) is 5.92 Å². The minimum atomic E-state index is -4.67. The molecule has 8 nitrogen and oxygen atoms in total. The number of nitrogens with zero attached hydrogens (tertiary/aromatic N) is 2. The van der Waals surface area contributed by atoms with Crippen LogP contribution in [0.15, 0.2) is 4.42 Å². The third-order valence-electron chi connectivity index (χ3n) is 6.83. The zero-order valence-corrected chi connectivity index (χ0v) is 17.2. The lowest BCUT2D eigenvalue weighted by Gasteiger charge is -2.68. The Morgan fingerprint density at radius 3 is 2.36 bits per heavy atom. The maximum absolute atomic E-state index is 12.2. The Balaban J connectivity index is 1.01. The van der Waals surface area contributed by atoms with Crippen molar-refractivity contribution in [1.29, 1.82) is 0 Å². The smallest absolute Gasteiger partial charge is 0.424 e. The molecule has 1 heterocycles. The molecule has 2 atom stereocenters. The fourth-order valence-electron chi connectivity index (χ4n) is 5.15. The minimum absolute atomic E-state index is 0.0880. The number of hydrogen-bond donors (Lipinski definition) is 1. The van der Waals surface area contributed by atoms with Crippen LogP contribution < -0.4 is 5.32 Å². The third-order valence-corrected chi connectivity index (χ3v) is 6.83. The van der Waals surface area contributed by atoms with Gasteiger partial charge in [-0.2, -0.15) is 0 Å². The zero-order valence-electron chi connectivity index (χ0n) is 17.2. The van der Waals surface area contributed by atoms with Gasteiger partial charge >= 0.3 is 12.7 Å². The Morgan fingerprint density at radius 1 is 1.03 bits per heavy atom. The van der Waals surface area contributed by atoms with Crippen LogP contribution in [0.2, 0.25) is 0 Å². The fraction of sp³-hybridized carbons (Fsp3) is 0.842. The quantitative estimate of drug-likeness (QED) is 0.537. The Kier molecular flexibility index (Phi) is 5.22. The van der Waals surface area contributed by atoms with Crippen molar-refractivity contribution < 1.29 is 49.8 Å². The molecular weight excluding hydrogens is 464 g/mol. The Labute approximate surface area is 183 Å². The van der Waals surface area contributed by atoms with Gasteiger partial charge in [0.2, 0.25) is 17.7 Å². The maximum Gasteiger partial charge on any atom is 0.522 e. The fourth-order valence-corrected chi connectivity index (χ4v) is 5.15. The summed E-state index contributed by atoms with van der Waals surface area (Å²) in [5.74, 6) is -0.146. The minimum Gasteiger partial charge on any atom is -0.424 e. The summed E-state index contributed by atoms with van der Waals surface area (Å²) in [7, 11) is 0. The molecule has 2 unspecified atom stereocenters. The lowest BCUT2D eigenvalue weighted by Crippen LogP contribution is -2.77. The first-order valence-corrected chi connectivity index (χ1v) is 10.6. The van der Waals surface area contributed by atoms with E-state index in [1.54, 1.807) is 0 Å². The first kappa shape index (κ1) is 22.8. The second kappa shape index (κ2) is 7.54. The normalized spacial score (nSPS) is 37.0. The molecule has 0 radical (unpaired) electrons. The number of carbonyl (C=O) groups excluding carboxylic acids is 1. The monoisotopic (exact) mass is 485 g/mol. The SMILES string of the molecule is O=C(CO[C@H]1C[C@@H](OC(F)(F)F)C1)NC12CC(c3nnc(C4CC4COC(F)(F)F)o3)(C1)C2. The van der Waals surface area contributed by atoms with E-state index in [4.69, 9.17) is 9.15 Å². The molecule has 1 N–H and O–H groups in total. The van der Waals surface area contributed by atoms with E-state index >= 15 is 0 Å². The van der Waals surface area contributed by atoms with Crippen LogP contribution in [0.3, 0.4) is 0 Å². The molecule has 184 valence electrons. The summed E-state index contributed by atoms with van der Waals surface area (Å²) in [6, 6.07) is 0. The molecule has 0 spiro atoms. The first-order chi connectivity index (χ1) is 15.3.